The molecule has 2 aromatic rings. The lowest BCUT2D eigenvalue weighted by Crippen LogP contribution is -2.39. The van der Waals surface area contributed by atoms with E-state index in [0.717, 1.165) is 45.2 Å². The van der Waals surface area contributed by atoms with Crippen molar-refractivity contribution in [3.63, 3.8) is 0 Å². The van der Waals surface area contributed by atoms with Crippen LogP contribution in [0.3, 0.4) is 0 Å². The predicted molar refractivity (Wildman–Crippen MR) is 94.3 cm³/mol. The monoisotopic (exact) mass is 344 g/mol. The molecule has 0 bridgehead atoms. The predicted octanol–water partition coefficient (Wildman–Crippen LogP) is 2.22. The lowest BCUT2D eigenvalue weighted by atomic mass is 10.2. The smallest absolute Gasteiger partial charge is 0.255 e. The van der Waals surface area contributed by atoms with Crippen LogP contribution in [0.1, 0.15) is 10.4 Å². The fraction of sp³-hybridized carbons (Fsp3) is 0.333. The summed E-state index contributed by atoms with van der Waals surface area (Å²) >= 11 is 0. The molecule has 0 spiro atoms. The first-order valence-electron chi connectivity index (χ1n) is 8.28. The second kappa shape index (κ2) is 8.55. The molecule has 0 unspecified atom stereocenters. The topological polar surface area (TPSA) is 66.5 Å². The number of hydrogen-bond acceptors (Lipinski definition) is 5. The molecule has 6 nitrogen and oxygen atoms in total. The largest absolute Gasteiger partial charge is 0.379 e. The van der Waals surface area contributed by atoms with E-state index in [2.05, 4.69) is 20.5 Å². The number of morpholine rings is 1. The first kappa shape index (κ1) is 17.3. The minimum absolute atomic E-state index is 0.271. The van der Waals surface area contributed by atoms with Crippen LogP contribution in [0.25, 0.3) is 0 Å². The summed E-state index contributed by atoms with van der Waals surface area (Å²) in [6.45, 7) is 5.22. The highest BCUT2D eigenvalue weighted by molar-refractivity contribution is 6.04. The molecule has 0 aliphatic carbocycles. The Morgan fingerprint density at radius 2 is 2.08 bits per heavy atom. The second-order valence-corrected chi connectivity index (χ2v) is 5.78. The molecule has 0 saturated carbocycles. The summed E-state index contributed by atoms with van der Waals surface area (Å²) in [5.41, 5.74) is 0.834. The third-order valence-electron chi connectivity index (χ3n) is 3.95. The molecule has 132 valence electrons. The summed E-state index contributed by atoms with van der Waals surface area (Å²) in [7, 11) is 0. The average molecular weight is 344 g/mol. The van der Waals surface area contributed by atoms with Gasteiger partial charge in [-0.2, -0.15) is 0 Å². The molecule has 2 N–H and O–H groups in total. The quantitative estimate of drug-likeness (QED) is 0.841. The molecule has 1 aliphatic heterocycles. The number of carbonyl (C=O) groups excluding carboxylic acids is 1. The van der Waals surface area contributed by atoms with Gasteiger partial charge < -0.3 is 15.4 Å². The summed E-state index contributed by atoms with van der Waals surface area (Å²) < 4.78 is 18.5. The number of carbonyl (C=O) groups is 1. The van der Waals surface area contributed by atoms with E-state index in [1.807, 2.05) is 0 Å². The number of anilines is 2. The maximum atomic E-state index is 13.2. The van der Waals surface area contributed by atoms with Crippen LogP contribution in [0.5, 0.6) is 0 Å². The van der Waals surface area contributed by atoms with E-state index in [0.29, 0.717) is 5.69 Å². The molecule has 2 heterocycles. The van der Waals surface area contributed by atoms with E-state index in [4.69, 9.17) is 4.74 Å². The summed E-state index contributed by atoms with van der Waals surface area (Å²) in [5, 5.41) is 5.96. The van der Waals surface area contributed by atoms with Crippen molar-refractivity contribution in [1.29, 1.82) is 0 Å². The Kier molecular flexibility index (Phi) is 5.92. The van der Waals surface area contributed by atoms with Crippen LogP contribution in [0.4, 0.5) is 15.9 Å². The van der Waals surface area contributed by atoms with Gasteiger partial charge in [0, 0.05) is 31.7 Å². The molecule has 1 saturated heterocycles. The second-order valence-electron chi connectivity index (χ2n) is 5.78. The van der Waals surface area contributed by atoms with Crippen LogP contribution in [0, 0.1) is 5.82 Å². The third kappa shape index (κ3) is 5.23. The minimum Gasteiger partial charge on any atom is -0.379 e. The van der Waals surface area contributed by atoms with Gasteiger partial charge in [0.25, 0.3) is 5.91 Å². The van der Waals surface area contributed by atoms with Crippen molar-refractivity contribution in [3.05, 3.63) is 54.0 Å². The summed E-state index contributed by atoms with van der Waals surface area (Å²) in [6.07, 6.45) is 1.58. The number of benzene rings is 1. The van der Waals surface area contributed by atoms with Crippen molar-refractivity contribution < 1.29 is 13.9 Å². The molecule has 1 aliphatic rings. The molecule has 7 heteroatoms. The van der Waals surface area contributed by atoms with Gasteiger partial charge in [0.05, 0.1) is 25.1 Å². The van der Waals surface area contributed by atoms with Gasteiger partial charge >= 0.3 is 0 Å². The molecule has 1 aromatic heterocycles. The summed E-state index contributed by atoms with van der Waals surface area (Å²) in [4.78, 5) is 18.7. The van der Waals surface area contributed by atoms with Crippen LogP contribution in [0.15, 0.2) is 42.6 Å². The molecule has 1 amide bonds. The number of halogens is 1. The molecule has 0 atom stereocenters. The van der Waals surface area contributed by atoms with Gasteiger partial charge in [-0.05, 0) is 30.3 Å². The Morgan fingerprint density at radius 1 is 1.24 bits per heavy atom. The summed E-state index contributed by atoms with van der Waals surface area (Å²) in [5.74, 6) is -0.0584. The number of ether oxygens (including phenoxy) is 1. The van der Waals surface area contributed by atoms with Gasteiger partial charge in [0.15, 0.2) is 0 Å². The zero-order valence-electron chi connectivity index (χ0n) is 13.9. The van der Waals surface area contributed by atoms with Gasteiger partial charge in [-0.15, -0.1) is 0 Å². The van der Waals surface area contributed by atoms with Crippen LogP contribution in [0.2, 0.25) is 0 Å². The van der Waals surface area contributed by atoms with Crippen LogP contribution in [-0.2, 0) is 4.74 Å². The zero-order valence-corrected chi connectivity index (χ0v) is 13.9. The Morgan fingerprint density at radius 3 is 2.80 bits per heavy atom. The number of hydrogen-bond donors (Lipinski definition) is 2. The molecule has 0 radical (unpaired) electrons. The highest BCUT2D eigenvalue weighted by atomic mass is 19.1. The van der Waals surface area contributed by atoms with Crippen LogP contribution < -0.4 is 10.6 Å². The van der Waals surface area contributed by atoms with E-state index in [1.165, 1.54) is 18.2 Å². The van der Waals surface area contributed by atoms with Crippen LogP contribution >= 0.6 is 0 Å². The maximum absolute atomic E-state index is 13.2. The number of rotatable bonds is 6. The van der Waals surface area contributed by atoms with E-state index >= 15 is 0 Å². The fourth-order valence-electron chi connectivity index (χ4n) is 2.57. The Balaban J connectivity index is 1.47. The molecule has 1 aromatic carbocycles. The molecular weight excluding hydrogens is 323 g/mol. The van der Waals surface area contributed by atoms with Crippen LogP contribution in [-0.4, -0.2) is 55.2 Å². The SMILES string of the molecule is O=C(Nc1ccc(NCCN2CCOCC2)nc1)c1cccc(F)c1. The third-order valence-corrected chi connectivity index (χ3v) is 3.95. The normalized spacial score (nSPS) is 14.9. The highest BCUT2D eigenvalue weighted by Gasteiger charge is 2.10. The zero-order chi connectivity index (χ0) is 17.5. The van der Waals surface area contributed by atoms with Crippen molar-refractivity contribution in [2.45, 2.75) is 0 Å². The van der Waals surface area contributed by atoms with E-state index in [-0.39, 0.29) is 11.5 Å². The Hall–Kier alpha value is -2.51. The number of aromatic nitrogens is 1. The molecular formula is C18H21FN4O2. The van der Waals surface area contributed by atoms with Gasteiger partial charge in [-0.3, -0.25) is 9.69 Å². The average Bonchev–Trinajstić information content (AvgIpc) is 2.64. The summed E-state index contributed by atoms with van der Waals surface area (Å²) in [6, 6.07) is 9.14. The maximum Gasteiger partial charge on any atom is 0.255 e. The number of nitrogens with one attached hydrogen (secondary N) is 2. The van der Waals surface area contributed by atoms with E-state index < -0.39 is 5.82 Å². The lowest BCUT2D eigenvalue weighted by molar-refractivity contribution is 0.0398. The van der Waals surface area contributed by atoms with Crippen molar-refractivity contribution >= 4 is 17.4 Å². The highest BCUT2D eigenvalue weighted by Crippen LogP contribution is 2.12. The van der Waals surface area contributed by atoms with Gasteiger partial charge in [0.1, 0.15) is 11.6 Å². The first-order chi connectivity index (χ1) is 12.2. The van der Waals surface area contributed by atoms with Crippen molar-refractivity contribution in [2.75, 3.05) is 50.0 Å². The molecule has 25 heavy (non-hydrogen) atoms. The van der Waals surface area contributed by atoms with E-state index in [1.54, 1.807) is 24.4 Å². The standard InChI is InChI=1S/C18H21FN4O2/c19-15-3-1-2-14(12-15)18(24)22-16-4-5-17(21-13-16)20-6-7-23-8-10-25-11-9-23/h1-5,12-13H,6-11H2,(H,20,21)(H,22,24). The van der Waals surface area contributed by atoms with E-state index in [9.17, 15) is 9.18 Å². The van der Waals surface area contributed by atoms with Crippen molar-refractivity contribution in [3.8, 4) is 0 Å². The molecule has 1 fully saturated rings. The number of nitrogens with zero attached hydrogens (tertiary/aromatic N) is 2. The van der Waals surface area contributed by atoms with Gasteiger partial charge in [-0.25, -0.2) is 9.37 Å². The minimum atomic E-state index is -0.439. The first-order valence-corrected chi connectivity index (χ1v) is 8.28. The van der Waals surface area contributed by atoms with Crippen molar-refractivity contribution in [2.24, 2.45) is 0 Å². The fourth-order valence-corrected chi connectivity index (χ4v) is 2.57. The number of pyridine rings is 1. The molecule has 3 rings (SSSR count). The van der Waals surface area contributed by atoms with Gasteiger partial charge in [-0.1, -0.05) is 6.07 Å². The van der Waals surface area contributed by atoms with Gasteiger partial charge in [0.2, 0.25) is 0 Å². The van der Waals surface area contributed by atoms with Crippen molar-refractivity contribution in [1.82, 2.24) is 9.88 Å². The lowest BCUT2D eigenvalue weighted by Gasteiger charge is -2.26. The number of amides is 1. The Bertz CT molecular complexity index is 702. The Labute approximate surface area is 146 Å².